The van der Waals surface area contributed by atoms with Gasteiger partial charge in [-0.15, -0.1) is 11.8 Å². The quantitative estimate of drug-likeness (QED) is 0.154. The summed E-state index contributed by atoms with van der Waals surface area (Å²) in [7, 11) is 0. The Morgan fingerprint density at radius 3 is 2.48 bits per heavy atom. The molecule has 2 amide bonds. The average Bonchev–Trinajstić information content (AvgIpc) is 2.67. The van der Waals surface area contributed by atoms with Crippen LogP contribution >= 0.6 is 11.8 Å². The second-order valence-corrected chi connectivity index (χ2v) is 6.68. The van der Waals surface area contributed by atoms with Crippen molar-refractivity contribution in [2.24, 2.45) is 5.73 Å². The van der Waals surface area contributed by atoms with Gasteiger partial charge in [0.25, 0.3) is 5.69 Å². The Bertz CT molecular complexity index is 772. The number of carbonyl (C=O) groups excluding carboxylic acids is 2. The molecular weight excluding hydrogens is 410 g/mol. The first kappa shape index (κ1) is 23.8. The van der Waals surface area contributed by atoms with Gasteiger partial charge in [-0.2, -0.15) is 0 Å². The van der Waals surface area contributed by atoms with Gasteiger partial charge in [0.15, 0.2) is 0 Å². The SMILES string of the molecule is N[C@@H](CCC(=O)N[C@@H](CSc1ccc([N+](=O)[O-])cn1)C(=O)NCC(=O)O)C(=O)O. The number of carbonyl (C=O) groups is 4. The van der Waals surface area contributed by atoms with Crippen LogP contribution in [0.25, 0.3) is 0 Å². The van der Waals surface area contributed by atoms with Gasteiger partial charge < -0.3 is 26.6 Å². The Morgan fingerprint density at radius 1 is 1.28 bits per heavy atom. The van der Waals surface area contributed by atoms with Gasteiger partial charge >= 0.3 is 11.9 Å². The number of pyridine rings is 1. The molecule has 6 N–H and O–H groups in total. The maximum Gasteiger partial charge on any atom is 0.322 e. The highest BCUT2D eigenvalue weighted by atomic mass is 32.2. The van der Waals surface area contributed by atoms with E-state index in [4.69, 9.17) is 15.9 Å². The van der Waals surface area contributed by atoms with Crippen molar-refractivity contribution in [1.82, 2.24) is 15.6 Å². The summed E-state index contributed by atoms with van der Waals surface area (Å²) >= 11 is 1.01. The first-order valence-corrected chi connectivity index (χ1v) is 9.09. The van der Waals surface area contributed by atoms with Crippen LogP contribution in [-0.2, 0) is 19.2 Å². The number of carboxylic acid groups (broad SMARTS) is 2. The fraction of sp³-hybridized carbons (Fsp3) is 0.400. The van der Waals surface area contributed by atoms with Crippen molar-refractivity contribution in [3.05, 3.63) is 28.4 Å². The highest BCUT2D eigenvalue weighted by Gasteiger charge is 2.23. The van der Waals surface area contributed by atoms with Crippen LogP contribution in [0.2, 0.25) is 0 Å². The molecule has 0 aliphatic carbocycles. The summed E-state index contributed by atoms with van der Waals surface area (Å²) < 4.78 is 0. The third-order valence-corrected chi connectivity index (χ3v) is 4.43. The predicted octanol–water partition coefficient (Wildman–Crippen LogP) is -1.04. The second kappa shape index (κ2) is 11.6. The lowest BCUT2D eigenvalue weighted by Gasteiger charge is -2.18. The highest BCUT2D eigenvalue weighted by molar-refractivity contribution is 7.99. The maximum atomic E-state index is 12.2. The van der Waals surface area contributed by atoms with Crippen molar-refractivity contribution >= 4 is 41.2 Å². The molecule has 158 valence electrons. The minimum Gasteiger partial charge on any atom is -0.480 e. The minimum atomic E-state index is -1.28. The first-order valence-electron chi connectivity index (χ1n) is 8.10. The number of thioether (sulfide) groups is 1. The average molecular weight is 429 g/mol. The lowest BCUT2D eigenvalue weighted by molar-refractivity contribution is -0.385. The molecule has 14 heteroatoms. The predicted molar refractivity (Wildman–Crippen MR) is 99.0 cm³/mol. The molecule has 0 unspecified atom stereocenters. The maximum absolute atomic E-state index is 12.2. The van der Waals surface area contributed by atoms with Crippen LogP contribution in [0.4, 0.5) is 5.69 Å². The molecule has 1 rings (SSSR count). The number of nitro groups is 1. The topological polar surface area (TPSA) is 215 Å². The van der Waals surface area contributed by atoms with Crippen LogP contribution in [0.1, 0.15) is 12.8 Å². The van der Waals surface area contributed by atoms with Gasteiger partial charge in [0.1, 0.15) is 24.8 Å². The van der Waals surface area contributed by atoms with Crippen LogP contribution in [0.3, 0.4) is 0 Å². The monoisotopic (exact) mass is 429 g/mol. The van der Waals surface area contributed by atoms with Gasteiger partial charge in [-0.25, -0.2) is 4.98 Å². The van der Waals surface area contributed by atoms with E-state index in [0.717, 1.165) is 18.0 Å². The molecule has 1 aromatic rings. The fourth-order valence-electron chi connectivity index (χ4n) is 1.88. The zero-order valence-electron chi connectivity index (χ0n) is 14.9. The molecule has 0 saturated heterocycles. The number of aliphatic carboxylic acids is 2. The normalized spacial score (nSPS) is 12.4. The molecule has 0 bridgehead atoms. The van der Waals surface area contributed by atoms with Crippen LogP contribution in [0, 0.1) is 10.1 Å². The number of nitrogens with one attached hydrogen (secondary N) is 2. The molecule has 1 heterocycles. The molecule has 2 atom stereocenters. The molecule has 0 aliphatic heterocycles. The summed E-state index contributed by atoms with van der Waals surface area (Å²) in [6.45, 7) is -0.657. The van der Waals surface area contributed by atoms with E-state index < -0.39 is 47.3 Å². The molecule has 29 heavy (non-hydrogen) atoms. The van der Waals surface area contributed by atoms with E-state index in [2.05, 4.69) is 15.6 Å². The Kier molecular flexibility index (Phi) is 9.47. The molecule has 1 aromatic heterocycles. The van der Waals surface area contributed by atoms with Crippen LogP contribution in [0.15, 0.2) is 23.4 Å². The standard InChI is InChI=1S/C15H19N5O8S/c16-9(15(25)26)2-3-11(21)19-10(14(24)18-6-13(22)23)7-29-12-4-1-8(5-17-12)20(27)28/h1,4-5,9-10H,2-3,6-7,16H2,(H,18,24)(H,19,21)(H,22,23)(H,25,26)/t9-,10-/m0/s1. The van der Waals surface area contributed by atoms with Crippen molar-refractivity contribution in [2.45, 2.75) is 30.0 Å². The molecule has 0 aromatic carbocycles. The van der Waals surface area contributed by atoms with E-state index in [0.29, 0.717) is 5.03 Å². The van der Waals surface area contributed by atoms with Gasteiger partial charge in [-0.1, -0.05) is 0 Å². The third-order valence-electron chi connectivity index (χ3n) is 3.39. The van der Waals surface area contributed by atoms with Crippen molar-refractivity contribution in [3.63, 3.8) is 0 Å². The summed E-state index contributed by atoms with van der Waals surface area (Å²) in [6, 6.07) is 0.201. The summed E-state index contributed by atoms with van der Waals surface area (Å²) in [5.41, 5.74) is 5.11. The molecule has 13 nitrogen and oxygen atoms in total. The Labute approximate surface area is 168 Å². The van der Waals surface area contributed by atoms with Crippen molar-refractivity contribution in [2.75, 3.05) is 12.3 Å². The Morgan fingerprint density at radius 2 is 1.97 bits per heavy atom. The smallest absolute Gasteiger partial charge is 0.322 e. The number of rotatable bonds is 12. The number of nitrogens with zero attached hydrogens (tertiary/aromatic N) is 2. The van der Waals surface area contributed by atoms with E-state index in [1.807, 2.05) is 0 Å². The number of hydrogen-bond acceptors (Lipinski definition) is 9. The minimum absolute atomic E-state index is 0.0486. The summed E-state index contributed by atoms with van der Waals surface area (Å²) in [6.07, 6.45) is 0.631. The Balaban J connectivity index is 2.72. The van der Waals surface area contributed by atoms with Gasteiger partial charge in [0.2, 0.25) is 11.8 Å². The molecule has 0 aliphatic rings. The summed E-state index contributed by atoms with van der Waals surface area (Å²) in [5, 5.41) is 32.9. The molecule has 0 radical (unpaired) electrons. The highest BCUT2D eigenvalue weighted by Crippen LogP contribution is 2.19. The van der Waals surface area contributed by atoms with E-state index in [1.54, 1.807) is 0 Å². The van der Waals surface area contributed by atoms with Gasteiger partial charge in [0.05, 0.1) is 9.95 Å². The largest absolute Gasteiger partial charge is 0.480 e. The van der Waals surface area contributed by atoms with E-state index in [1.165, 1.54) is 12.1 Å². The molecule has 0 saturated carbocycles. The van der Waals surface area contributed by atoms with Crippen LogP contribution < -0.4 is 16.4 Å². The zero-order valence-corrected chi connectivity index (χ0v) is 15.8. The number of hydrogen-bond donors (Lipinski definition) is 5. The lowest BCUT2D eigenvalue weighted by atomic mass is 10.1. The molecule has 0 fully saturated rings. The zero-order chi connectivity index (χ0) is 22.0. The molecule has 0 spiro atoms. The number of aromatic nitrogens is 1. The van der Waals surface area contributed by atoms with Crippen molar-refractivity contribution in [3.8, 4) is 0 Å². The third kappa shape index (κ3) is 8.98. The van der Waals surface area contributed by atoms with E-state index in [9.17, 15) is 29.3 Å². The number of carboxylic acids is 2. The van der Waals surface area contributed by atoms with Gasteiger partial charge in [-0.05, 0) is 12.5 Å². The fourth-order valence-corrected chi connectivity index (χ4v) is 2.74. The van der Waals surface area contributed by atoms with Crippen LogP contribution in [0.5, 0.6) is 0 Å². The van der Waals surface area contributed by atoms with Gasteiger partial charge in [0, 0.05) is 18.2 Å². The summed E-state index contributed by atoms with van der Waals surface area (Å²) in [4.78, 5) is 59.3. The first-order chi connectivity index (χ1) is 13.6. The second-order valence-electron chi connectivity index (χ2n) is 5.64. The lowest BCUT2D eigenvalue weighted by Crippen LogP contribution is -2.49. The van der Waals surface area contributed by atoms with Gasteiger partial charge in [-0.3, -0.25) is 29.3 Å². The van der Waals surface area contributed by atoms with Crippen LogP contribution in [-0.4, -0.2) is 68.3 Å². The number of nitrogens with two attached hydrogens (primary N) is 1. The van der Waals surface area contributed by atoms with Crippen molar-refractivity contribution < 1.29 is 34.3 Å². The number of amides is 2. The summed E-state index contributed by atoms with van der Waals surface area (Å²) in [5.74, 6) is -4.01. The molecular formula is C15H19N5O8S. The van der Waals surface area contributed by atoms with Crippen molar-refractivity contribution in [1.29, 1.82) is 0 Å². The van der Waals surface area contributed by atoms with E-state index >= 15 is 0 Å². The van der Waals surface area contributed by atoms with E-state index in [-0.39, 0.29) is 24.3 Å². The Hall–Kier alpha value is -3.26.